The number of aryl methyl sites for hydroxylation is 1. The monoisotopic (exact) mass is 532 g/mol. The molecule has 202 valence electrons. The van der Waals surface area contributed by atoms with Crippen molar-refractivity contribution in [1.29, 1.82) is 0 Å². The molecule has 0 unspecified atom stereocenters. The second-order valence-corrected chi connectivity index (χ2v) is 10.9. The Kier molecular flexibility index (Phi) is 7.06. The first-order valence-corrected chi connectivity index (χ1v) is 13.8. The molecule has 1 fully saturated rings. The van der Waals surface area contributed by atoms with Gasteiger partial charge in [-0.15, -0.1) is 0 Å². The van der Waals surface area contributed by atoms with Crippen LogP contribution in [0, 0.1) is 5.92 Å². The molecule has 6 rings (SSSR count). The number of nitrogens with zero attached hydrogens (tertiary/aromatic N) is 1. The molecule has 2 nitrogen and oxygen atoms in total. The molecule has 0 spiro atoms. The summed E-state index contributed by atoms with van der Waals surface area (Å²) in [5.41, 5.74) is 7.71. The molecular formula is C33H32F4N2. The molecule has 0 bridgehead atoms. The van der Waals surface area contributed by atoms with Gasteiger partial charge in [0.25, 0.3) is 0 Å². The van der Waals surface area contributed by atoms with Crippen LogP contribution in [0.1, 0.15) is 52.6 Å². The highest BCUT2D eigenvalue weighted by Gasteiger charge is 2.31. The third-order valence-electron chi connectivity index (χ3n) is 8.22. The largest absolute Gasteiger partial charge is 0.416 e. The number of alkyl halides is 4. The fourth-order valence-electron chi connectivity index (χ4n) is 6.34. The highest BCUT2D eigenvalue weighted by Crippen LogP contribution is 2.43. The summed E-state index contributed by atoms with van der Waals surface area (Å²) >= 11 is 0. The summed E-state index contributed by atoms with van der Waals surface area (Å²) in [5.74, 6) is 0.579. The minimum absolute atomic E-state index is 0.264. The van der Waals surface area contributed by atoms with E-state index in [1.165, 1.54) is 28.6 Å². The summed E-state index contributed by atoms with van der Waals surface area (Å²) in [6.45, 7) is 2.57. The van der Waals surface area contributed by atoms with E-state index >= 15 is 0 Å². The van der Waals surface area contributed by atoms with E-state index in [-0.39, 0.29) is 6.67 Å². The van der Waals surface area contributed by atoms with Crippen molar-refractivity contribution in [3.05, 3.63) is 106 Å². The van der Waals surface area contributed by atoms with Gasteiger partial charge >= 0.3 is 6.18 Å². The maximum atomic E-state index is 13.6. The molecular weight excluding hydrogens is 500 g/mol. The molecule has 2 aliphatic rings. The predicted molar refractivity (Wildman–Crippen MR) is 149 cm³/mol. The van der Waals surface area contributed by atoms with Crippen molar-refractivity contribution in [2.24, 2.45) is 5.92 Å². The molecule has 6 heteroatoms. The lowest BCUT2D eigenvalue weighted by atomic mass is 9.85. The zero-order chi connectivity index (χ0) is 27.0. The molecule has 4 aromatic rings. The molecule has 39 heavy (non-hydrogen) atoms. The van der Waals surface area contributed by atoms with Gasteiger partial charge in [-0.2, -0.15) is 13.2 Å². The minimum Gasteiger partial charge on any atom is -0.361 e. The van der Waals surface area contributed by atoms with Gasteiger partial charge in [0.05, 0.1) is 12.2 Å². The van der Waals surface area contributed by atoms with Gasteiger partial charge in [0.1, 0.15) is 0 Å². The third kappa shape index (κ3) is 5.27. The maximum Gasteiger partial charge on any atom is 0.416 e. The van der Waals surface area contributed by atoms with Crippen molar-refractivity contribution in [3.8, 4) is 0 Å². The van der Waals surface area contributed by atoms with Crippen LogP contribution in [-0.4, -0.2) is 36.2 Å². The first kappa shape index (κ1) is 25.9. The lowest BCUT2D eigenvalue weighted by Crippen LogP contribution is -2.47. The molecule has 1 aromatic heterocycles. The van der Waals surface area contributed by atoms with Gasteiger partial charge in [0, 0.05) is 36.7 Å². The van der Waals surface area contributed by atoms with Crippen LogP contribution < -0.4 is 0 Å². The van der Waals surface area contributed by atoms with E-state index in [1.807, 2.05) is 12.3 Å². The Morgan fingerprint density at radius 3 is 2.49 bits per heavy atom. The smallest absolute Gasteiger partial charge is 0.361 e. The summed E-state index contributed by atoms with van der Waals surface area (Å²) in [6, 6.07) is 20.7. The fourth-order valence-corrected chi connectivity index (χ4v) is 6.34. The maximum absolute atomic E-state index is 13.6. The summed E-state index contributed by atoms with van der Waals surface area (Å²) in [7, 11) is 0. The third-order valence-corrected chi connectivity index (χ3v) is 8.22. The zero-order valence-electron chi connectivity index (χ0n) is 21.8. The topological polar surface area (TPSA) is 19.0 Å². The number of aromatic nitrogens is 1. The Labute approximate surface area is 226 Å². The molecule has 1 saturated heterocycles. The number of likely N-dealkylation sites (tertiary alicyclic amines) is 1. The number of allylic oxidation sites excluding steroid dienone is 1. The number of hydrogen-bond donors (Lipinski definition) is 1. The SMILES string of the molecule is FCCCN1CC(Cc2ccc(C3=C(c4cccc(C(F)(F)F)c4)CCCc4c3ccc3[nH]ccc43)cc2)C1. The number of halogens is 4. The van der Waals surface area contributed by atoms with Gasteiger partial charge in [0.15, 0.2) is 0 Å². The van der Waals surface area contributed by atoms with E-state index in [0.717, 1.165) is 72.8 Å². The molecule has 0 radical (unpaired) electrons. The number of aromatic amines is 1. The molecule has 0 saturated carbocycles. The van der Waals surface area contributed by atoms with E-state index in [4.69, 9.17) is 0 Å². The number of fused-ring (bicyclic) bond motifs is 3. The fraction of sp³-hybridized carbons (Fsp3) is 0.333. The van der Waals surface area contributed by atoms with E-state index in [2.05, 4.69) is 52.3 Å². The molecule has 0 atom stereocenters. The van der Waals surface area contributed by atoms with Crippen LogP contribution in [0.5, 0.6) is 0 Å². The average molecular weight is 533 g/mol. The van der Waals surface area contributed by atoms with Gasteiger partial charge < -0.3 is 9.88 Å². The highest BCUT2D eigenvalue weighted by molar-refractivity contribution is 6.02. The molecule has 1 N–H and O–H groups in total. The van der Waals surface area contributed by atoms with Crippen molar-refractivity contribution in [2.75, 3.05) is 26.3 Å². The van der Waals surface area contributed by atoms with Gasteiger partial charge in [0.2, 0.25) is 0 Å². The van der Waals surface area contributed by atoms with Crippen molar-refractivity contribution in [2.45, 2.75) is 38.3 Å². The van der Waals surface area contributed by atoms with E-state index < -0.39 is 11.7 Å². The quantitative estimate of drug-likeness (QED) is 0.237. The lowest BCUT2D eigenvalue weighted by molar-refractivity contribution is -0.137. The highest BCUT2D eigenvalue weighted by atomic mass is 19.4. The summed E-state index contributed by atoms with van der Waals surface area (Å²) < 4.78 is 53.4. The minimum atomic E-state index is -4.39. The summed E-state index contributed by atoms with van der Waals surface area (Å²) in [6.07, 6.45) is 1.58. The number of nitrogens with one attached hydrogen (secondary N) is 1. The molecule has 1 aliphatic carbocycles. The van der Waals surface area contributed by atoms with Crippen LogP contribution in [0.2, 0.25) is 0 Å². The molecule has 0 amide bonds. The first-order valence-electron chi connectivity index (χ1n) is 13.8. The predicted octanol–water partition coefficient (Wildman–Crippen LogP) is 8.32. The van der Waals surface area contributed by atoms with Crippen molar-refractivity contribution in [3.63, 3.8) is 0 Å². The van der Waals surface area contributed by atoms with Crippen LogP contribution in [0.3, 0.4) is 0 Å². The standard InChI is InChI=1S/C33H32F4N2/c34-15-3-17-39-20-23(21-39)18-22-8-10-24(11-9-22)32-27(25-4-1-5-26(19-25)33(35,36)37)6-2-7-28-29-14-16-38-31(29)13-12-30(28)32/h1,4-5,8-14,16,19,23,38H,2-3,6-7,15,17-18,20-21H2. The van der Waals surface area contributed by atoms with Crippen LogP contribution >= 0.6 is 0 Å². The van der Waals surface area contributed by atoms with Crippen LogP contribution in [0.25, 0.3) is 22.0 Å². The molecule has 3 aromatic carbocycles. The summed E-state index contributed by atoms with van der Waals surface area (Å²) in [5, 5.41) is 1.18. The molecule has 1 aliphatic heterocycles. The van der Waals surface area contributed by atoms with E-state index in [9.17, 15) is 17.6 Å². The number of benzene rings is 3. The zero-order valence-corrected chi connectivity index (χ0v) is 21.8. The van der Waals surface area contributed by atoms with Crippen molar-refractivity contribution >= 4 is 22.0 Å². The Balaban J connectivity index is 1.39. The van der Waals surface area contributed by atoms with Gasteiger partial charge in [-0.3, -0.25) is 4.39 Å². The van der Waals surface area contributed by atoms with E-state index in [0.29, 0.717) is 24.3 Å². The van der Waals surface area contributed by atoms with Crippen LogP contribution in [0.4, 0.5) is 17.6 Å². The van der Waals surface area contributed by atoms with Gasteiger partial charge in [-0.1, -0.05) is 42.5 Å². The normalized spacial score (nSPS) is 16.8. The average Bonchev–Trinajstić information content (AvgIpc) is 3.31. The Morgan fingerprint density at radius 1 is 0.897 bits per heavy atom. The Hall–Kier alpha value is -3.38. The second kappa shape index (κ2) is 10.6. The Morgan fingerprint density at radius 2 is 1.72 bits per heavy atom. The van der Waals surface area contributed by atoms with Crippen LogP contribution in [-0.2, 0) is 19.0 Å². The number of H-pyrrole nitrogens is 1. The van der Waals surface area contributed by atoms with Crippen LogP contribution in [0.15, 0.2) is 72.9 Å². The Bertz CT molecular complexity index is 1490. The van der Waals surface area contributed by atoms with Gasteiger partial charge in [-0.05, 0) is 101 Å². The summed E-state index contributed by atoms with van der Waals surface area (Å²) in [4.78, 5) is 5.60. The van der Waals surface area contributed by atoms with Gasteiger partial charge in [-0.25, -0.2) is 0 Å². The lowest BCUT2D eigenvalue weighted by Gasteiger charge is -2.39. The van der Waals surface area contributed by atoms with E-state index in [1.54, 1.807) is 0 Å². The number of hydrogen-bond acceptors (Lipinski definition) is 1. The number of rotatable bonds is 7. The van der Waals surface area contributed by atoms with Crippen molar-refractivity contribution < 1.29 is 17.6 Å². The van der Waals surface area contributed by atoms with Crippen molar-refractivity contribution in [1.82, 2.24) is 9.88 Å². The molecule has 2 heterocycles. The first-order chi connectivity index (χ1) is 18.9. The second-order valence-electron chi connectivity index (χ2n) is 10.9.